The zero-order chi connectivity index (χ0) is 21.2. The van der Waals surface area contributed by atoms with Crippen LogP contribution >= 0.6 is 0 Å². The van der Waals surface area contributed by atoms with Gasteiger partial charge in [-0.2, -0.15) is 13.2 Å². The Morgan fingerprint density at radius 1 is 1.34 bits per heavy atom. The smallest absolute Gasteiger partial charge is 0.416 e. The van der Waals surface area contributed by atoms with E-state index >= 15 is 0 Å². The van der Waals surface area contributed by atoms with Gasteiger partial charge in [-0.15, -0.1) is 0 Å². The fraction of sp³-hybridized carbons (Fsp3) is 0.333. The number of halogens is 3. The average molecular weight is 411 g/mol. The number of aryl methyl sites for hydroxylation is 1. The van der Waals surface area contributed by atoms with Crippen LogP contribution in [0.1, 0.15) is 17.7 Å². The molecule has 1 saturated heterocycles. The SMILES string of the molecule is Cc1cc(NC(=O)COC(=O)[C@@H]2CC(=O)N(c3cccc(C(F)(F)F)c3)C2)no1. The van der Waals surface area contributed by atoms with Crippen LogP contribution in [0.4, 0.5) is 24.7 Å². The predicted molar refractivity (Wildman–Crippen MR) is 92.7 cm³/mol. The lowest BCUT2D eigenvalue weighted by atomic mass is 10.1. The number of ether oxygens (including phenoxy) is 1. The van der Waals surface area contributed by atoms with Crippen molar-refractivity contribution < 1.29 is 36.8 Å². The maximum atomic E-state index is 12.9. The van der Waals surface area contributed by atoms with Gasteiger partial charge in [-0.05, 0) is 25.1 Å². The molecule has 1 aliphatic heterocycles. The normalized spacial score (nSPS) is 16.8. The topological polar surface area (TPSA) is 102 Å². The molecule has 8 nitrogen and oxygen atoms in total. The predicted octanol–water partition coefficient (Wildman–Crippen LogP) is 2.54. The Hall–Kier alpha value is -3.37. The summed E-state index contributed by atoms with van der Waals surface area (Å²) in [5, 5.41) is 5.93. The monoisotopic (exact) mass is 411 g/mol. The lowest BCUT2D eigenvalue weighted by molar-refractivity contribution is -0.151. The molecule has 1 fully saturated rings. The average Bonchev–Trinajstić information content (AvgIpc) is 3.24. The lowest BCUT2D eigenvalue weighted by Crippen LogP contribution is -2.28. The molecule has 3 rings (SSSR count). The van der Waals surface area contributed by atoms with Crippen molar-refractivity contribution in [2.24, 2.45) is 5.92 Å². The number of hydrogen-bond acceptors (Lipinski definition) is 6. The first-order chi connectivity index (χ1) is 13.6. The largest absolute Gasteiger partial charge is 0.455 e. The molecule has 0 unspecified atom stereocenters. The molecule has 1 aliphatic rings. The van der Waals surface area contributed by atoms with Crippen molar-refractivity contribution >= 4 is 29.3 Å². The van der Waals surface area contributed by atoms with Crippen LogP contribution in [-0.2, 0) is 25.3 Å². The summed E-state index contributed by atoms with van der Waals surface area (Å²) in [5.41, 5.74) is -0.854. The van der Waals surface area contributed by atoms with Gasteiger partial charge in [0.15, 0.2) is 12.4 Å². The summed E-state index contributed by atoms with van der Waals surface area (Å²) >= 11 is 0. The number of carbonyl (C=O) groups is 3. The van der Waals surface area contributed by atoms with E-state index in [0.717, 1.165) is 17.0 Å². The quantitative estimate of drug-likeness (QED) is 0.759. The Morgan fingerprint density at radius 3 is 2.76 bits per heavy atom. The van der Waals surface area contributed by atoms with Crippen molar-refractivity contribution in [2.75, 3.05) is 23.4 Å². The highest BCUT2D eigenvalue weighted by molar-refractivity contribution is 6.00. The molecular weight excluding hydrogens is 395 g/mol. The Morgan fingerprint density at radius 2 is 2.10 bits per heavy atom. The van der Waals surface area contributed by atoms with Crippen LogP contribution in [0.3, 0.4) is 0 Å². The Kier molecular flexibility index (Phi) is 5.57. The van der Waals surface area contributed by atoms with Gasteiger partial charge in [0.05, 0.1) is 11.5 Å². The van der Waals surface area contributed by atoms with Gasteiger partial charge < -0.3 is 19.5 Å². The number of amides is 2. The highest BCUT2D eigenvalue weighted by atomic mass is 19.4. The molecule has 0 radical (unpaired) electrons. The van der Waals surface area contributed by atoms with Gasteiger partial charge in [0.1, 0.15) is 5.76 Å². The Labute approximate surface area is 162 Å². The van der Waals surface area contributed by atoms with Gasteiger partial charge in [0, 0.05) is 24.7 Å². The minimum atomic E-state index is -4.55. The summed E-state index contributed by atoms with van der Waals surface area (Å²) in [5.74, 6) is -2.19. The number of aromatic nitrogens is 1. The molecule has 0 saturated carbocycles. The minimum absolute atomic E-state index is 0.0410. The fourth-order valence-corrected chi connectivity index (χ4v) is 2.82. The number of rotatable bonds is 5. The van der Waals surface area contributed by atoms with E-state index in [1.165, 1.54) is 18.2 Å². The van der Waals surface area contributed by atoms with Crippen LogP contribution < -0.4 is 10.2 Å². The number of esters is 1. The number of hydrogen-bond donors (Lipinski definition) is 1. The van der Waals surface area contributed by atoms with E-state index in [2.05, 4.69) is 10.5 Å². The molecule has 154 valence electrons. The molecule has 1 N–H and O–H groups in total. The van der Waals surface area contributed by atoms with Gasteiger partial charge in [0.25, 0.3) is 5.91 Å². The summed E-state index contributed by atoms with van der Waals surface area (Å²) in [4.78, 5) is 37.2. The van der Waals surface area contributed by atoms with E-state index in [0.29, 0.717) is 5.76 Å². The van der Waals surface area contributed by atoms with Gasteiger partial charge >= 0.3 is 12.1 Å². The summed E-state index contributed by atoms with van der Waals surface area (Å²) in [7, 11) is 0. The summed E-state index contributed by atoms with van der Waals surface area (Å²) in [6.07, 6.45) is -4.77. The highest BCUT2D eigenvalue weighted by Crippen LogP contribution is 2.33. The van der Waals surface area contributed by atoms with E-state index in [4.69, 9.17) is 9.26 Å². The fourth-order valence-electron chi connectivity index (χ4n) is 2.82. The van der Waals surface area contributed by atoms with E-state index in [9.17, 15) is 27.6 Å². The van der Waals surface area contributed by atoms with Crippen molar-refractivity contribution in [3.8, 4) is 0 Å². The van der Waals surface area contributed by atoms with Crippen LogP contribution in [0.2, 0.25) is 0 Å². The van der Waals surface area contributed by atoms with E-state index < -0.39 is 42.0 Å². The molecule has 29 heavy (non-hydrogen) atoms. The van der Waals surface area contributed by atoms with Gasteiger partial charge in [-0.1, -0.05) is 11.2 Å². The van der Waals surface area contributed by atoms with Crippen molar-refractivity contribution in [3.05, 3.63) is 41.7 Å². The summed E-state index contributed by atoms with van der Waals surface area (Å²) < 4.78 is 48.3. The maximum Gasteiger partial charge on any atom is 0.416 e. The maximum absolute atomic E-state index is 12.9. The van der Waals surface area contributed by atoms with Crippen molar-refractivity contribution in [2.45, 2.75) is 19.5 Å². The minimum Gasteiger partial charge on any atom is -0.455 e. The number of carbonyl (C=O) groups excluding carboxylic acids is 3. The first-order valence-corrected chi connectivity index (χ1v) is 8.51. The highest BCUT2D eigenvalue weighted by Gasteiger charge is 2.37. The molecule has 2 amide bonds. The van der Waals surface area contributed by atoms with Crippen LogP contribution in [-0.4, -0.2) is 36.1 Å². The number of nitrogens with one attached hydrogen (secondary N) is 1. The van der Waals surface area contributed by atoms with E-state index in [-0.39, 0.29) is 24.5 Å². The van der Waals surface area contributed by atoms with Gasteiger partial charge in [0.2, 0.25) is 5.91 Å². The molecule has 0 aliphatic carbocycles. The third kappa shape index (κ3) is 4.92. The molecule has 1 aromatic heterocycles. The van der Waals surface area contributed by atoms with Crippen molar-refractivity contribution in [1.82, 2.24) is 5.16 Å². The van der Waals surface area contributed by atoms with Crippen LogP contribution in [0.5, 0.6) is 0 Å². The van der Waals surface area contributed by atoms with E-state index in [1.807, 2.05) is 0 Å². The lowest BCUT2D eigenvalue weighted by Gasteiger charge is -2.18. The Bertz CT molecular complexity index is 941. The number of anilines is 2. The van der Waals surface area contributed by atoms with Crippen molar-refractivity contribution in [1.29, 1.82) is 0 Å². The molecule has 0 spiro atoms. The van der Waals surface area contributed by atoms with Crippen LogP contribution in [0, 0.1) is 12.8 Å². The molecule has 2 aromatic rings. The Balaban J connectivity index is 1.57. The second kappa shape index (κ2) is 7.94. The number of alkyl halides is 3. The molecule has 0 bridgehead atoms. The summed E-state index contributed by atoms with van der Waals surface area (Å²) in [6.45, 7) is 0.901. The summed E-state index contributed by atoms with van der Waals surface area (Å²) in [6, 6.07) is 5.76. The third-order valence-corrected chi connectivity index (χ3v) is 4.18. The molecule has 11 heteroatoms. The number of nitrogens with zero attached hydrogens (tertiary/aromatic N) is 2. The van der Waals surface area contributed by atoms with Gasteiger partial charge in [-0.3, -0.25) is 14.4 Å². The third-order valence-electron chi connectivity index (χ3n) is 4.18. The molecule has 1 aromatic carbocycles. The molecule has 1 atom stereocenters. The molecule has 2 heterocycles. The van der Waals surface area contributed by atoms with E-state index in [1.54, 1.807) is 6.92 Å². The van der Waals surface area contributed by atoms with Crippen LogP contribution in [0.15, 0.2) is 34.9 Å². The molecular formula is C18H16F3N3O5. The first kappa shape index (κ1) is 20.4. The van der Waals surface area contributed by atoms with Crippen molar-refractivity contribution in [3.63, 3.8) is 0 Å². The second-order valence-electron chi connectivity index (χ2n) is 6.43. The van der Waals surface area contributed by atoms with Gasteiger partial charge in [-0.25, -0.2) is 0 Å². The van der Waals surface area contributed by atoms with Crippen LogP contribution in [0.25, 0.3) is 0 Å². The zero-order valence-corrected chi connectivity index (χ0v) is 15.2. The second-order valence-corrected chi connectivity index (χ2v) is 6.43. The zero-order valence-electron chi connectivity index (χ0n) is 15.2. The number of benzene rings is 1. The first-order valence-electron chi connectivity index (χ1n) is 8.51. The standard InChI is InChI=1S/C18H16F3N3O5/c1-10-5-14(23-29-10)22-15(25)9-28-17(27)11-6-16(26)24(8-11)13-4-2-3-12(7-13)18(19,20)21/h2-5,7,11H,6,8-9H2,1H3,(H,22,23,25)/t11-/m1/s1.